The van der Waals surface area contributed by atoms with Crippen LogP contribution in [0.1, 0.15) is 19.8 Å². The predicted molar refractivity (Wildman–Crippen MR) is 66.3 cm³/mol. The van der Waals surface area contributed by atoms with Gasteiger partial charge in [0.05, 0.1) is 12.3 Å². The first-order chi connectivity index (χ1) is 8.65. The van der Waals surface area contributed by atoms with Crippen LogP contribution in [0.25, 0.3) is 0 Å². The van der Waals surface area contributed by atoms with Gasteiger partial charge in [-0.3, -0.25) is 0 Å². The Balaban J connectivity index is 2.59. The molecular formula is C12H16N2O4. The van der Waals surface area contributed by atoms with Gasteiger partial charge in [-0.05, 0) is 18.6 Å². The zero-order valence-corrected chi connectivity index (χ0v) is 10.1. The Morgan fingerprint density at radius 1 is 1.33 bits per heavy atom. The van der Waals surface area contributed by atoms with E-state index in [1.165, 1.54) is 0 Å². The number of rotatable bonds is 4. The van der Waals surface area contributed by atoms with Crippen LogP contribution in [-0.2, 0) is 4.74 Å². The van der Waals surface area contributed by atoms with Crippen molar-refractivity contribution in [3.63, 3.8) is 0 Å². The van der Waals surface area contributed by atoms with Gasteiger partial charge in [-0.25, -0.2) is 15.0 Å². The number of nitrogens with one attached hydrogen (secondary N) is 1. The average Bonchev–Trinajstić information content (AvgIpc) is 2.37. The summed E-state index contributed by atoms with van der Waals surface area (Å²) >= 11 is 0. The van der Waals surface area contributed by atoms with Crippen LogP contribution in [0.15, 0.2) is 30.3 Å². The summed E-state index contributed by atoms with van der Waals surface area (Å²) < 4.78 is 4.83. The molecule has 0 bridgehead atoms. The van der Waals surface area contributed by atoms with Crippen molar-refractivity contribution in [2.24, 2.45) is 0 Å². The lowest BCUT2D eigenvalue weighted by molar-refractivity contribution is 0.141. The van der Waals surface area contributed by atoms with Crippen molar-refractivity contribution in [3.05, 3.63) is 30.3 Å². The molecule has 0 heterocycles. The molecule has 1 aromatic rings. The summed E-state index contributed by atoms with van der Waals surface area (Å²) in [5.41, 5.74) is 2.51. The molecule has 2 N–H and O–H groups in total. The third-order valence-corrected chi connectivity index (χ3v) is 2.14. The molecule has 18 heavy (non-hydrogen) atoms. The maximum Gasteiger partial charge on any atom is 0.431 e. The van der Waals surface area contributed by atoms with E-state index in [-0.39, 0.29) is 6.61 Å². The monoisotopic (exact) mass is 252 g/mol. The lowest BCUT2D eigenvalue weighted by atomic mass is 10.3. The first kappa shape index (κ1) is 13.8. The highest BCUT2D eigenvalue weighted by Gasteiger charge is 2.17. The number of hydrogen-bond donors (Lipinski definition) is 2. The van der Waals surface area contributed by atoms with Crippen LogP contribution in [0, 0.1) is 0 Å². The SMILES string of the molecule is CCCCOC(=O)NN(C(=O)O)c1ccccc1. The highest BCUT2D eigenvalue weighted by atomic mass is 16.6. The molecule has 0 aliphatic heterocycles. The van der Waals surface area contributed by atoms with E-state index in [9.17, 15) is 9.59 Å². The first-order valence-corrected chi connectivity index (χ1v) is 5.66. The van der Waals surface area contributed by atoms with Crippen LogP contribution in [0.3, 0.4) is 0 Å². The van der Waals surface area contributed by atoms with E-state index < -0.39 is 12.2 Å². The van der Waals surface area contributed by atoms with Gasteiger partial charge in [0.2, 0.25) is 0 Å². The first-order valence-electron chi connectivity index (χ1n) is 5.66. The molecule has 0 radical (unpaired) electrons. The molecule has 0 atom stereocenters. The van der Waals surface area contributed by atoms with Crippen LogP contribution in [-0.4, -0.2) is 23.9 Å². The van der Waals surface area contributed by atoms with Gasteiger partial charge >= 0.3 is 12.2 Å². The smallest absolute Gasteiger partial charge is 0.431 e. The van der Waals surface area contributed by atoms with Gasteiger partial charge in [-0.15, -0.1) is 0 Å². The predicted octanol–water partition coefficient (Wildman–Crippen LogP) is 2.61. The van der Waals surface area contributed by atoms with Crippen LogP contribution in [0.5, 0.6) is 0 Å². The molecule has 1 rings (SSSR count). The molecule has 0 aromatic heterocycles. The van der Waals surface area contributed by atoms with Crippen molar-refractivity contribution in [1.29, 1.82) is 0 Å². The number of para-hydroxylation sites is 1. The third-order valence-electron chi connectivity index (χ3n) is 2.14. The minimum atomic E-state index is -1.28. The van der Waals surface area contributed by atoms with Gasteiger partial charge in [0.25, 0.3) is 0 Å². The average molecular weight is 252 g/mol. The second-order valence-electron chi connectivity index (χ2n) is 3.55. The molecule has 0 spiro atoms. The zero-order chi connectivity index (χ0) is 13.4. The lowest BCUT2D eigenvalue weighted by Gasteiger charge is -2.19. The number of ether oxygens (including phenoxy) is 1. The lowest BCUT2D eigenvalue weighted by Crippen LogP contribution is -2.46. The fourth-order valence-corrected chi connectivity index (χ4v) is 1.23. The summed E-state index contributed by atoms with van der Waals surface area (Å²) in [4.78, 5) is 22.4. The van der Waals surface area contributed by atoms with Crippen LogP contribution in [0.2, 0.25) is 0 Å². The number of hydrazine groups is 1. The molecule has 0 aliphatic carbocycles. The molecule has 0 fully saturated rings. The molecule has 98 valence electrons. The molecule has 6 heteroatoms. The molecule has 2 amide bonds. The third kappa shape index (κ3) is 4.32. The van der Waals surface area contributed by atoms with Crippen molar-refractivity contribution in [2.75, 3.05) is 11.6 Å². The summed E-state index contributed by atoms with van der Waals surface area (Å²) in [5, 5.41) is 9.72. The van der Waals surface area contributed by atoms with E-state index in [1.807, 2.05) is 6.92 Å². The number of amides is 2. The molecule has 0 saturated carbocycles. The number of unbranched alkanes of at least 4 members (excludes halogenated alkanes) is 1. The maximum absolute atomic E-state index is 11.4. The second-order valence-corrected chi connectivity index (χ2v) is 3.55. The van der Waals surface area contributed by atoms with Crippen LogP contribution < -0.4 is 10.4 Å². The largest absolute Gasteiger partial charge is 0.463 e. The highest BCUT2D eigenvalue weighted by molar-refractivity contribution is 5.89. The molecule has 0 aliphatic rings. The Hall–Kier alpha value is -2.24. The van der Waals surface area contributed by atoms with E-state index in [2.05, 4.69) is 5.43 Å². The zero-order valence-electron chi connectivity index (χ0n) is 10.1. The van der Waals surface area contributed by atoms with Crippen LogP contribution >= 0.6 is 0 Å². The van der Waals surface area contributed by atoms with Crippen molar-refractivity contribution in [1.82, 2.24) is 5.43 Å². The summed E-state index contributed by atoms with van der Waals surface area (Å²) in [7, 11) is 0. The van der Waals surface area contributed by atoms with Gasteiger partial charge in [0, 0.05) is 0 Å². The van der Waals surface area contributed by atoms with E-state index in [0.29, 0.717) is 10.7 Å². The van der Waals surface area contributed by atoms with Gasteiger partial charge in [0.1, 0.15) is 0 Å². The van der Waals surface area contributed by atoms with E-state index in [1.54, 1.807) is 30.3 Å². The van der Waals surface area contributed by atoms with Gasteiger partial charge < -0.3 is 9.84 Å². The van der Waals surface area contributed by atoms with Crippen molar-refractivity contribution in [3.8, 4) is 0 Å². The van der Waals surface area contributed by atoms with Crippen molar-refractivity contribution in [2.45, 2.75) is 19.8 Å². The number of anilines is 1. The van der Waals surface area contributed by atoms with E-state index in [0.717, 1.165) is 12.8 Å². The molecule has 6 nitrogen and oxygen atoms in total. The summed E-state index contributed by atoms with van der Waals surface area (Å²) in [5.74, 6) is 0. The van der Waals surface area contributed by atoms with Gasteiger partial charge in [-0.1, -0.05) is 31.5 Å². The Labute approximate surface area is 105 Å². The number of hydrogen-bond acceptors (Lipinski definition) is 3. The quantitative estimate of drug-likeness (QED) is 0.637. The normalized spacial score (nSPS) is 9.61. The van der Waals surface area contributed by atoms with Gasteiger partial charge in [0.15, 0.2) is 0 Å². The Bertz CT molecular complexity index is 394. The number of carbonyl (C=O) groups is 2. The Morgan fingerprint density at radius 2 is 2.00 bits per heavy atom. The number of carbonyl (C=O) groups excluding carboxylic acids is 1. The van der Waals surface area contributed by atoms with Crippen molar-refractivity contribution >= 4 is 17.9 Å². The standard InChI is InChI=1S/C12H16N2O4/c1-2-3-9-18-11(15)13-14(12(16)17)10-7-5-4-6-8-10/h4-8H,2-3,9H2,1H3,(H,13,15)(H,16,17). The maximum atomic E-state index is 11.4. The summed E-state index contributed by atoms with van der Waals surface area (Å²) in [6.45, 7) is 2.24. The topological polar surface area (TPSA) is 78.9 Å². The Morgan fingerprint density at radius 3 is 2.56 bits per heavy atom. The fraction of sp³-hybridized carbons (Fsp3) is 0.333. The number of carboxylic acid groups (broad SMARTS) is 1. The minimum absolute atomic E-state index is 0.268. The summed E-state index contributed by atoms with van der Waals surface area (Å²) in [6, 6.07) is 8.24. The second kappa shape index (κ2) is 7.16. The van der Waals surface area contributed by atoms with Crippen LogP contribution in [0.4, 0.5) is 15.3 Å². The van der Waals surface area contributed by atoms with E-state index >= 15 is 0 Å². The fourth-order valence-electron chi connectivity index (χ4n) is 1.23. The molecular weight excluding hydrogens is 236 g/mol. The Kier molecular flexibility index (Phi) is 5.50. The number of nitrogens with zero attached hydrogens (tertiary/aromatic N) is 1. The molecule has 1 aromatic carbocycles. The number of benzene rings is 1. The minimum Gasteiger partial charge on any atom is -0.463 e. The molecule has 0 saturated heterocycles. The molecule has 0 unspecified atom stereocenters. The van der Waals surface area contributed by atoms with Gasteiger partial charge in [-0.2, -0.15) is 5.01 Å². The van der Waals surface area contributed by atoms with E-state index in [4.69, 9.17) is 9.84 Å². The highest BCUT2D eigenvalue weighted by Crippen LogP contribution is 2.10. The summed E-state index contributed by atoms with van der Waals surface area (Å²) in [6.07, 6.45) is -0.427. The van der Waals surface area contributed by atoms with Crippen molar-refractivity contribution < 1.29 is 19.4 Å².